The van der Waals surface area contributed by atoms with Crippen molar-refractivity contribution in [3.63, 3.8) is 0 Å². The highest BCUT2D eigenvalue weighted by Crippen LogP contribution is 2.29. The fourth-order valence-electron chi connectivity index (χ4n) is 4.92. The molecule has 1 amide bonds. The van der Waals surface area contributed by atoms with E-state index in [1.807, 2.05) is 45.2 Å². The molecule has 0 unspecified atom stereocenters. The van der Waals surface area contributed by atoms with Gasteiger partial charge in [0.1, 0.15) is 11.4 Å². The lowest BCUT2D eigenvalue weighted by molar-refractivity contribution is 0.0139. The van der Waals surface area contributed by atoms with Crippen molar-refractivity contribution in [3.8, 4) is 17.3 Å². The van der Waals surface area contributed by atoms with E-state index in [4.69, 9.17) is 14.5 Å². The van der Waals surface area contributed by atoms with Crippen molar-refractivity contribution in [2.24, 2.45) is 5.92 Å². The van der Waals surface area contributed by atoms with E-state index in [2.05, 4.69) is 43.0 Å². The Labute approximate surface area is 240 Å². The third kappa shape index (κ3) is 7.18. The van der Waals surface area contributed by atoms with Crippen molar-refractivity contribution in [2.75, 3.05) is 32.8 Å². The first-order valence-corrected chi connectivity index (χ1v) is 14.4. The number of pyridine rings is 1. The lowest BCUT2D eigenvalue weighted by atomic mass is 10.1. The van der Waals surface area contributed by atoms with E-state index in [0.717, 1.165) is 53.4 Å². The minimum Gasteiger partial charge on any atom is -0.463 e. The predicted molar refractivity (Wildman–Crippen MR) is 155 cm³/mol. The zero-order chi connectivity index (χ0) is 28.4. The number of benzene rings is 1. The van der Waals surface area contributed by atoms with Gasteiger partial charge in [0.05, 0.1) is 23.3 Å². The summed E-state index contributed by atoms with van der Waals surface area (Å²) in [4.78, 5) is 38.2. The normalized spacial score (nSPS) is 16.2. The number of ether oxygens (including phenoxy) is 2. The molecule has 1 saturated carbocycles. The lowest BCUT2D eigenvalue weighted by Gasteiger charge is -2.35. The highest BCUT2D eigenvalue weighted by Gasteiger charge is 2.26. The molecule has 214 valence electrons. The van der Waals surface area contributed by atoms with E-state index in [-0.39, 0.29) is 6.09 Å². The summed E-state index contributed by atoms with van der Waals surface area (Å²) in [7, 11) is 0. The van der Waals surface area contributed by atoms with Gasteiger partial charge in [-0.25, -0.2) is 14.8 Å². The summed E-state index contributed by atoms with van der Waals surface area (Å²) < 4.78 is 11.3. The molecule has 10 heteroatoms. The molecular weight excluding hydrogens is 518 g/mol. The van der Waals surface area contributed by atoms with Crippen molar-refractivity contribution in [1.29, 1.82) is 0 Å². The van der Waals surface area contributed by atoms with Gasteiger partial charge < -0.3 is 19.4 Å². The number of H-pyrrole nitrogens is 1. The molecule has 6 rings (SSSR count). The van der Waals surface area contributed by atoms with Crippen molar-refractivity contribution in [2.45, 2.75) is 52.2 Å². The molecule has 1 saturated heterocycles. The quantitative estimate of drug-likeness (QED) is 0.329. The Kier molecular flexibility index (Phi) is 7.57. The number of hydrogen-bond acceptors (Lipinski definition) is 8. The van der Waals surface area contributed by atoms with E-state index in [1.165, 1.54) is 18.4 Å². The van der Waals surface area contributed by atoms with Crippen LogP contribution in [0.3, 0.4) is 0 Å². The fourth-order valence-corrected chi connectivity index (χ4v) is 4.92. The minimum atomic E-state index is -0.477. The molecule has 2 aliphatic rings. The number of aromatic amines is 1. The van der Waals surface area contributed by atoms with Crippen molar-refractivity contribution in [3.05, 3.63) is 65.9 Å². The van der Waals surface area contributed by atoms with Crippen LogP contribution in [-0.2, 0) is 17.7 Å². The van der Waals surface area contributed by atoms with Gasteiger partial charge >= 0.3 is 12.1 Å². The first-order valence-electron chi connectivity index (χ1n) is 14.4. The van der Waals surface area contributed by atoms with Gasteiger partial charge in [0, 0.05) is 62.8 Å². The lowest BCUT2D eigenvalue weighted by Crippen LogP contribution is -2.49. The van der Waals surface area contributed by atoms with Crippen LogP contribution in [0.1, 0.15) is 50.7 Å². The van der Waals surface area contributed by atoms with Crippen LogP contribution in [0.15, 0.2) is 48.8 Å². The average molecular weight is 556 g/mol. The van der Waals surface area contributed by atoms with Gasteiger partial charge in [-0.3, -0.25) is 9.88 Å². The summed E-state index contributed by atoms with van der Waals surface area (Å²) in [6, 6.07) is 12.6. The van der Waals surface area contributed by atoms with E-state index < -0.39 is 5.60 Å². The number of rotatable bonds is 8. The number of nitrogens with one attached hydrogen (secondary N) is 1. The highest BCUT2D eigenvalue weighted by atomic mass is 16.6. The number of carbonyl (C=O) groups is 1. The van der Waals surface area contributed by atoms with Crippen LogP contribution in [0.2, 0.25) is 0 Å². The summed E-state index contributed by atoms with van der Waals surface area (Å²) in [5, 5.41) is 0. The van der Waals surface area contributed by atoms with Gasteiger partial charge in [-0.2, -0.15) is 4.98 Å². The summed E-state index contributed by atoms with van der Waals surface area (Å²) >= 11 is 0. The summed E-state index contributed by atoms with van der Waals surface area (Å²) in [6.45, 7) is 10.1. The molecule has 1 aliphatic carbocycles. The molecule has 10 nitrogen and oxygen atoms in total. The van der Waals surface area contributed by atoms with E-state index in [0.29, 0.717) is 38.0 Å². The number of amides is 1. The first kappa shape index (κ1) is 27.1. The van der Waals surface area contributed by atoms with Crippen LogP contribution < -0.4 is 4.74 Å². The Morgan fingerprint density at radius 2 is 1.80 bits per heavy atom. The molecule has 1 N–H and O–H groups in total. The van der Waals surface area contributed by atoms with Gasteiger partial charge in [-0.15, -0.1) is 0 Å². The number of aromatic nitrogens is 5. The largest absolute Gasteiger partial charge is 0.463 e. The van der Waals surface area contributed by atoms with E-state index >= 15 is 0 Å². The fraction of sp³-hybridized carbons (Fsp3) is 0.452. The van der Waals surface area contributed by atoms with Crippen LogP contribution in [0.25, 0.3) is 22.3 Å². The molecule has 4 heterocycles. The minimum absolute atomic E-state index is 0.235. The molecule has 3 aromatic heterocycles. The van der Waals surface area contributed by atoms with Crippen LogP contribution in [0.5, 0.6) is 6.01 Å². The molecule has 1 aromatic carbocycles. The maximum Gasteiger partial charge on any atom is 0.410 e. The molecule has 41 heavy (non-hydrogen) atoms. The maximum absolute atomic E-state index is 12.4. The number of piperazine rings is 1. The monoisotopic (exact) mass is 555 g/mol. The van der Waals surface area contributed by atoms with Gasteiger partial charge in [-0.05, 0) is 75.4 Å². The first-order chi connectivity index (χ1) is 19.8. The van der Waals surface area contributed by atoms with Gasteiger partial charge in [0.15, 0.2) is 0 Å². The van der Waals surface area contributed by atoms with Gasteiger partial charge in [0.25, 0.3) is 0 Å². The van der Waals surface area contributed by atoms with Crippen molar-refractivity contribution < 1.29 is 14.3 Å². The second kappa shape index (κ2) is 11.4. The van der Waals surface area contributed by atoms with Crippen LogP contribution >= 0.6 is 0 Å². The molecule has 0 atom stereocenters. The third-order valence-electron chi connectivity index (χ3n) is 7.26. The summed E-state index contributed by atoms with van der Waals surface area (Å²) in [5.41, 5.74) is 5.35. The smallest absolute Gasteiger partial charge is 0.410 e. The number of imidazole rings is 1. The Morgan fingerprint density at radius 3 is 2.59 bits per heavy atom. The zero-order valence-electron chi connectivity index (χ0n) is 24.0. The molecular formula is C31H37N7O3. The number of carbonyl (C=O) groups excluding carboxylic acids is 1. The molecule has 1 aliphatic heterocycles. The second-order valence-electron chi connectivity index (χ2n) is 12.0. The van der Waals surface area contributed by atoms with Crippen LogP contribution in [-0.4, -0.2) is 79.2 Å². The van der Waals surface area contributed by atoms with Gasteiger partial charge in [-0.1, -0.05) is 6.07 Å². The number of nitrogens with zero attached hydrogens (tertiary/aromatic N) is 6. The maximum atomic E-state index is 12.4. The standard InChI is InChI=1S/C31H37N7O3/c1-31(2,3)41-30(39)38-14-12-37(13-15-38)19-22-8-10-32-24(16-22)18-28-34-26-7-6-23(17-27(26)35-28)25-9-11-33-29(36-25)40-20-21-4-5-21/h6-11,16-17,21H,4-5,12-15,18-20H2,1-3H3,(H,34,35). The molecule has 0 bridgehead atoms. The number of hydrogen-bond donors (Lipinski definition) is 1. The zero-order valence-corrected chi connectivity index (χ0v) is 24.0. The Hall–Kier alpha value is -4.05. The van der Waals surface area contributed by atoms with Gasteiger partial charge in [0.2, 0.25) is 0 Å². The Bertz CT molecular complexity index is 1520. The van der Waals surface area contributed by atoms with Crippen LogP contribution in [0.4, 0.5) is 4.79 Å². The number of fused-ring (bicyclic) bond motifs is 1. The SMILES string of the molecule is CC(C)(C)OC(=O)N1CCN(Cc2ccnc(Cc3nc4ccc(-c5ccnc(OCC6CC6)n5)cc4[nH]3)c2)CC1. The average Bonchev–Trinajstić information content (AvgIpc) is 3.69. The molecule has 4 aromatic rings. The Morgan fingerprint density at radius 1 is 1.00 bits per heavy atom. The van der Waals surface area contributed by atoms with Crippen molar-refractivity contribution >= 4 is 17.1 Å². The van der Waals surface area contributed by atoms with Crippen molar-refractivity contribution in [1.82, 2.24) is 34.7 Å². The predicted octanol–water partition coefficient (Wildman–Crippen LogP) is 4.85. The summed E-state index contributed by atoms with van der Waals surface area (Å²) in [6.07, 6.45) is 6.44. The molecule has 2 fully saturated rings. The second-order valence-corrected chi connectivity index (χ2v) is 12.0. The van der Waals surface area contributed by atoms with E-state index in [1.54, 1.807) is 11.1 Å². The molecule has 0 radical (unpaired) electrons. The summed E-state index contributed by atoms with van der Waals surface area (Å²) in [5.74, 6) is 1.52. The third-order valence-corrected chi connectivity index (χ3v) is 7.26. The highest BCUT2D eigenvalue weighted by molar-refractivity contribution is 5.81. The van der Waals surface area contributed by atoms with Crippen LogP contribution in [0, 0.1) is 5.92 Å². The Balaban J connectivity index is 1.07. The van der Waals surface area contributed by atoms with E-state index in [9.17, 15) is 4.79 Å². The topological polar surface area (TPSA) is 109 Å². The molecule has 0 spiro atoms.